The number of likely N-dealkylation sites (N-methyl/N-ethyl adjacent to an activating group) is 1. The van der Waals surface area contributed by atoms with Crippen LogP contribution in [0, 0.1) is 5.41 Å². The van der Waals surface area contributed by atoms with Crippen LogP contribution in [0.15, 0.2) is 0 Å². The lowest BCUT2D eigenvalue weighted by atomic mass is 9.82. The van der Waals surface area contributed by atoms with Crippen LogP contribution in [0.2, 0.25) is 0 Å². The van der Waals surface area contributed by atoms with Gasteiger partial charge in [0.1, 0.15) is 0 Å². The highest BCUT2D eigenvalue weighted by atomic mass is 16.4. The second-order valence-corrected chi connectivity index (χ2v) is 5.65. The van der Waals surface area contributed by atoms with Gasteiger partial charge in [-0.25, -0.2) is 0 Å². The van der Waals surface area contributed by atoms with E-state index in [1.54, 1.807) is 0 Å². The first-order valence-electron chi connectivity index (χ1n) is 6.73. The van der Waals surface area contributed by atoms with Crippen LogP contribution in [0.1, 0.15) is 32.1 Å². The molecule has 18 heavy (non-hydrogen) atoms. The lowest BCUT2D eigenvalue weighted by Gasteiger charge is -2.34. The molecular formula is C13H22N2O3. The Hall–Kier alpha value is -1.10. The fraction of sp³-hybridized carbons (Fsp3) is 0.846. The Kier molecular flexibility index (Phi) is 3.90. The molecule has 1 saturated heterocycles. The van der Waals surface area contributed by atoms with Gasteiger partial charge >= 0.3 is 5.97 Å². The maximum atomic E-state index is 12.2. The minimum Gasteiger partial charge on any atom is -0.481 e. The largest absolute Gasteiger partial charge is 0.481 e. The van der Waals surface area contributed by atoms with Gasteiger partial charge in [0.05, 0.1) is 5.41 Å². The van der Waals surface area contributed by atoms with Gasteiger partial charge in [0, 0.05) is 32.6 Å². The molecule has 2 aliphatic rings. The Morgan fingerprint density at radius 2 is 1.67 bits per heavy atom. The number of piperazine rings is 1. The Labute approximate surface area is 108 Å². The van der Waals surface area contributed by atoms with Crippen LogP contribution < -0.4 is 0 Å². The van der Waals surface area contributed by atoms with Crippen molar-refractivity contribution in [2.45, 2.75) is 32.1 Å². The van der Waals surface area contributed by atoms with Crippen molar-refractivity contribution in [3.05, 3.63) is 0 Å². The highest BCUT2D eigenvalue weighted by molar-refractivity contribution is 5.85. The molecule has 0 unspecified atom stereocenters. The molecule has 0 radical (unpaired) electrons. The van der Waals surface area contributed by atoms with Crippen molar-refractivity contribution in [3.63, 3.8) is 0 Å². The van der Waals surface area contributed by atoms with Crippen molar-refractivity contribution >= 4 is 11.9 Å². The summed E-state index contributed by atoms with van der Waals surface area (Å²) in [6, 6.07) is 0. The first-order chi connectivity index (χ1) is 8.53. The average Bonchev–Trinajstić information content (AvgIpc) is 2.79. The van der Waals surface area contributed by atoms with Crippen molar-refractivity contribution in [3.8, 4) is 0 Å². The number of amides is 1. The zero-order valence-corrected chi connectivity index (χ0v) is 11.0. The number of carboxylic acid groups (broad SMARTS) is 1. The number of carboxylic acids is 1. The van der Waals surface area contributed by atoms with Crippen molar-refractivity contribution in [2.24, 2.45) is 5.41 Å². The number of aliphatic carboxylic acids is 1. The van der Waals surface area contributed by atoms with E-state index in [4.69, 9.17) is 0 Å². The predicted octanol–water partition coefficient (Wildman–Crippen LogP) is 0.795. The van der Waals surface area contributed by atoms with Gasteiger partial charge in [-0.15, -0.1) is 0 Å². The zero-order valence-electron chi connectivity index (χ0n) is 11.0. The Bertz CT molecular complexity index is 329. The molecule has 1 heterocycles. The quantitative estimate of drug-likeness (QED) is 0.809. The van der Waals surface area contributed by atoms with Gasteiger partial charge in [-0.1, -0.05) is 12.8 Å². The first kappa shape index (κ1) is 13.3. The van der Waals surface area contributed by atoms with Gasteiger partial charge in [-0.3, -0.25) is 9.59 Å². The van der Waals surface area contributed by atoms with Crippen molar-refractivity contribution < 1.29 is 14.7 Å². The fourth-order valence-corrected chi connectivity index (χ4v) is 2.98. The first-order valence-corrected chi connectivity index (χ1v) is 6.73. The molecule has 1 saturated carbocycles. The molecule has 1 amide bonds. The third-order valence-electron chi connectivity index (χ3n) is 4.36. The molecule has 5 heteroatoms. The van der Waals surface area contributed by atoms with Crippen LogP contribution in [-0.2, 0) is 9.59 Å². The molecule has 5 nitrogen and oxygen atoms in total. The second-order valence-electron chi connectivity index (χ2n) is 5.65. The SMILES string of the molecule is CN1CCN(C(=O)CC2(C(=O)O)CCCC2)CC1. The molecule has 2 fully saturated rings. The van der Waals surface area contributed by atoms with E-state index in [2.05, 4.69) is 4.90 Å². The molecule has 1 aliphatic heterocycles. The molecule has 1 N–H and O–H groups in total. The fourth-order valence-electron chi connectivity index (χ4n) is 2.98. The number of hydrogen-bond donors (Lipinski definition) is 1. The molecule has 1 aliphatic carbocycles. The second kappa shape index (κ2) is 5.26. The molecule has 0 atom stereocenters. The molecule has 0 spiro atoms. The van der Waals surface area contributed by atoms with Gasteiger partial charge in [-0.2, -0.15) is 0 Å². The number of rotatable bonds is 3. The number of carbonyl (C=O) groups excluding carboxylic acids is 1. The van der Waals surface area contributed by atoms with Gasteiger partial charge in [0.2, 0.25) is 5.91 Å². The maximum Gasteiger partial charge on any atom is 0.310 e. The summed E-state index contributed by atoms with van der Waals surface area (Å²) in [6.07, 6.45) is 3.36. The van der Waals surface area contributed by atoms with Crippen LogP contribution in [0.25, 0.3) is 0 Å². The standard InChI is InChI=1S/C13H22N2O3/c1-14-6-8-15(9-7-14)11(16)10-13(12(17)18)4-2-3-5-13/h2-10H2,1H3,(H,17,18). The molecule has 102 valence electrons. The van der Waals surface area contributed by atoms with Crippen LogP contribution in [-0.4, -0.2) is 60.0 Å². The van der Waals surface area contributed by atoms with Crippen molar-refractivity contribution in [2.75, 3.05) is 33.2 Å². The Morgan fingerprint density at radius 3 is 2.17 bits per heavy atom. The van der Waals surface area contributed by atoms with E-state index in [1.165, 1.54) is 0 Å². The van der Waals surface area contributed by atoms with E-state index < -0.39 is 11.4 Å². The summed E-state index contributed by atoms with van der Waals surface area (Å²) in [7, 11) is 2.04. The third kappa shape index (κ3) is 2.66. The monoisotopic (exact) mass is 254 g/mol. The van der Waals surface area contributed by atoms with Crippen LogP contribution in [0.5, 0.6) is 0 Å². The van der Waals surface area contributed by atoms with Gasteiger partial charge in [0.15, 0.2) is 0 Å². The molecule has 0 aromatic rings. The summed E-state index contributed by atoms with van der Waals surface area (Å²) in [5.41, 5.74) is -0.777. The van der Waals surface area contributed by atoms with Gasteiger partial charge < -0.3 is 14.9 Å². The lowest BCUT2D eigenvalue weighted by Crippen LogP contribution is -2.48. The maximum absolute atomic E-state index is 12.2. The van der Waals surface area contributed by atoms with Gasteiger partial charge in [0.25, 0.3) is 0 Å². The minimum absolute atomic E-state index is 0.0207. The highest BCUT2D eigenvalue weighted by Gasteiger charge is 2.43. The zero-order chi connectivity index (χ0) is 13.2. The van der Waals surface area contributed by atoms with E-state index >= 15 is 0 Å². The molecule has 0 aromatic carbocycles. The normalized spacial score (nSPS) is 24.2. The van der Waals surface area contributed by atoms with Crippen LogP contribution >= 0.6 is 0 Å². The third-order valence-corrected chi connectivity index (χ3v) is 4.36. The molecule has 0 bridgehead atoms. The average molecular weight is 254 g/mol. The smallest absolute Gasteiger partial charge is 0.310 e. The summed E-state index contributed by atoms with van der Waals surface area (Å²) in [6.45, 7) is 3.22. The van der Waals surface area contributed by atoms with Crippen molar-refractivity contribution in [1.29, 1.82) is 0 Å². The van der Waals surface area contributed by atoms with Crippen LogP contribution in [0.3, 0.4) is 0 Å². The summed E-state index contributed by atoms with van der Waals surface area (Å²) in [5, 5.41) is 9.37. The Morgan fingerprint density at radius 1 is 1.11 bits per heavy atom. The lowest BCUT2D eigenvalue weighted by molar-refractivity contribution is -0.153. The molecule has 2 rings (SSSR count). The predicted molar refractivity (Wildman–Crippen MR) is 67.2 cm³/mol. The molecule has 0 aromatic heterocycles. The van der Waals surface area contributed by atoms with Gasteiger partial charge in [-0.05, 0) is 19.9 Å². The number of hydrogen-bond acceptors (Lipinski definition) is 3. The van der Waals surface area contributed by atoms with Crippen molar-refractivity contribution in [1.82, 2.24) is 9.80 Å². The number of carbonyl (C=O) groups is 2. The highest BCUT2D eigenvalue weighted by Crippen LogP contribution is 2.41. The van der Waals surface area contributed by atoms with E-state index in [-0.39, 0.29) is 12.3 Å². The summed E-state index contributed by atoms with van der Waals surface area (Å²) >= 11 is 0. The minimum atomic E-state index is -0.789. The summed E-state index contributed by atoms with van der Waals surface area (Å²) < 4.78 is 0. The summed E-state index contributed by atoms with van der Waals surface area (Å²) in [5.74, 6) is -0.769. The van der Waals surface area contributed by atoms with E-state index in [9.17, 15) is 14.7 Å². The van der Waals surface area contributed by atoms with E-state index in [0.29, 0.717) is 12.8 Å². The molecular weight excluding hydrogens is 232 g/mol. The number of nitrogens with zero attached hydrogens (tertiary/aromatic N) is 2. The van der Waals surface area contributed by atoms with Crippen LogP contribution in [0.4, 0.5) is 0 Å². The van der Waals surface area contributed by atoms with E-state index in [0.717, 1.165) is 39.0 Å². The van der Waals surface area contributed by atoms with E-state index in [1.807, 2.05) is 11.9 Å². The topological polar surface area (TPSA) is 60.9 Å². The Balaban J connectivity index is 1.95. The summed E-state index contributed by atoms with van der Waals surface area (Å²) in [4.78, 5) is 27.6.